The molecule has 1 aromatic carbocycles. The fraction of sp³-hybridized carbons (Fsp3) is 0.476. The minimum absolute atomic E-state index is 0.109. The number of hydrogen-bond acceptors (Lipinski definition) is 5. The minimum atomic E-state index is -4.40. The highest BCUT2D eigenvalue weighted by Gasteiger charge is 2.55. The van der Waals surface area contributed by atoms with Gasteiger partial charge in [0.15, 0.2) is 12.0 Å². The van der Waals surface area contributed by atoms with Crippen molar-refractivity contribution in [3.63, 3.8) is 0 Å². The van der Waals surface area contributed by atoms with Crippen molar-refractivity contribution in [2.75, 3.05) is 19.7 Å². The fourth-order valence-electron chi connectivity index (χ4n) is 4.03. The quantitative estimate of drug-likeness (QED) is 0.681. The van der Waals surface area contributed by atoms with E-state index >= 15 is 0 Å². The van der Waals surface area contributed by atoms with Gasteiger partial charge in [-0.3, -0.25) is 14.4 Å². The maximum absolute atomic E-state index is 13.2. The number of fused-ring (bicyclic) bond motifs is 1. The number of nitrogens with zero attached hydrogens (tertiary/aromatic N) is 4. The van der Waals surface area contributed by atoms with Crippen molar-refractivity contribution in [1.29, 1.82) is 0 Å². The Kier molecular flexibility index (Phi) is 5.28. The van der Waals surface area contributed by atoms with Crippen molar-refractivity contribution in [3.05, 3.63) is 46.7 Å². The van der Waals surface area contributed by atoms with Gasteiger partial charge in [0.25, 0.3) is 5.91 Å². The molecule has 10 heteroatoms. The summed E-state index contributed by atoms with van der Waals surface area (Å²) in [5, 5.41) is 1.27. The standard InChI is InChI=1S/C21H23F3N4O3/c1-4-31-28-19-18(25-17-9-10-26(13(3)29)11-16(17)20(28)30)27(19)12(2)14-5-7-15(8-6-14)21(22,23)24/h5-8,12,19H,4,9-11H2,1-3H3. The Balaban J connectivity index is 1.64. The first-order chi connectivity index (χ1) is 14.6. The van der Waals surface area contributed by atoms with Gasteiger partial charge in [-0.05, 0) is 31.5 Å². The Labute approximate surface area is 177 Å². The average molecular weight is 436 g/mol. The first kappa shape index (κ1) is 21.4. The summed E-state index contributed by atoms with van der Waals surface area (Å²) in [7, 11) is 0. The lowest BCUT2D eigenvalue weighted by molar-refractivity contribution is -0.188. The van der Waals surface area contributed by atoms with Gasteiger partial charge >= 0.3 is 6.18 Å². The third-order valence-electron chi connectivity index (χ3n) is 5.79. The van der Waals surface area contributed by atoms with Crippen LogP contribution in [0.1, 0.15) is 44.4 Å². The van der Waals surface area contributed by atoms with E-state index in [4.69, 9.17) is 9.83 Å². The van der Waals surface area contributed by atoms with E-state index < -0.39 is 17.9 Å². The molecule has 3 aliphatic rings. The molecule has 0 aromatic heterocycles. The number of aliphatic imine (C=N–C) groups is 1. The summed E-state index contributed by atoms with van der Waals surface area (Å²) in [6.45, 7) is 6.00. The summed E-state index contributed by atoms with van der Waals surface area (Å²) < 4.78 is 38.6. The molecule has 7 nitrogen and oxygen atoms in total. The van der Waals surface area contributed by atoms with Crippen LogP contribution in [-0.2, 0) is 20.6 Å². The first-order valence-corrected chi connectivity index (χ1v) is 10.1. The summed E-state index contributed by atoms with van der Waals surface area (Å²) in [5.41, 5.74) is 1.04. The van der Waals surface area contributed by atoms with Crippen molar-refractivity contribution < 1.29 is 27.6 Å². The number of amidine groups is 1. The molecular formula is C21H23F3N4O3. The van der Waals surface area contributed by atoms with Crippen LogP contribution in [0.3, 0.4) is 0 Å². The van der Waals surface area contributed by atoms with Gasteiger partial charge in [0, 0.05) is 19.9 Å². The lowest BCUT2D eigenvalue weighted by Crippen LogP contribution is -2.43. The smallest absolute Gasteiger partial charge is 0.338 e. The highest BCUT2D eigenvalue weighted by Crippen LogP contribution is 2.41. The summed E-state index contributed by atoms with van der Waals surface area (Å²) in [6.07, 6.45) is -4.46. The number of hydroxylamine groups is 2. The number of rotatable bonds is 4. The van der Waals surface area contributed by atoms with Gasteiger partial charge in [0.1, 0.15) is 0 Å². The molecule has 3 heterocycles. The van der Waals surface area contributed by atoms with E-state index in [0.29, 0.717) is 35.6 Å². The van der Waals surface area contributed by atoms with Crippen LogP contribution in [0.2, 0.25) is 0 Å². The number of carbonyl (C=O) groups is 2. The van der Waals surface area contributed by atoms with Crippen LogP contribution in [-0.4, -0.2) is 58.4 Å². The van der Waals surface area contributed by atoms with E-state index in [0.717, 1.165) is 12.1 Å². The molecule has 3 aliphatic heterocycles. The largest absolute Gasteiger partial charge is 0.416 e. The normalized spacial score (nSPS) is 22.0. The molecule has 4 rings (SSSR count). The van der Waals surface area contributed by atoms with Gasteiger partial charge < -0.3 is 9.80 Å². The van der Waals surface area contributed by atoms with Crippen LogP contribution in [0.25, 0.3) is 0 Å². The zero-order chi connectivity index (χ0) is 22.5. The Morgan fingerprint density at radius 2 is 1.97 bits per heavy atom. The average Bonchev–Trinajstić information content (AvgIpc) is 3.44. The number of carbonyl (C=O) groups excluding carboxylic acids is 2. The molecule has 2 unspecified atom stereocenters. The molecule has 166 valence electrons. The summed E-state index contributed by atoms with van der Waals surface area (Å²) in [5.74, 6) is 0.186. The summed E-state index contributed by atoms with van der Waals surface area (Å²) >= 11 is 0. The molecule has 0 bridgehead atoms. The molecule has 1 fully saturated rings. The zero-order valence-corrected chi connectivity index (χ0v) is 17.4. The third kappa shape index (κ3) is 3.80. The second kappa shape index (κ2) is 7.67. The Hall–Kier alpha value is -2.88. The molecule has 0 aliphatic carbocycles. The van der Waals surface area contributed by atoms with Gasteiger partial charge in [-0.1, -0.05) is 12.1 Å². The maximum Gasteiger partial charge on any atom is 0.416 e. The fourth-order valence-corrected chi connectivity index (χ4v) is 4.03. The van der Waals surface area contributed by atoms with Crippen LogP contribution in [0.15, 0.2) is 40.5 Å². The van der Waals surface area contributed by atoms with Crippen LogP contribution in [0.5, 0.6) is 0 Å². The van der Waals surface area contributed by atoms with Crippen LogP contribution in [0, 0.1) is 0 Å². The van der Waals surface area contributed by atoms with E-state index in [9.17, 15) is 22.8 Å². The van der Waals surface area contributed by atoms with Crippen molar-refractivity contribution in [2.24, 2.45) is 4.99 Å². The van der Waals surface area contributed by atoms with Gasteiger partial charge in [-0.15, -0.1) is 0 Å². The highest BCUT2D eigenvalue weighted by molar-refractivity contribution is 6.09. The molecule has 1 aromatic rings. The summed E-state index contributed by atoms with van der Waals surface area (Å²) in [4.78, 5) is 38.8. The number of hydrogen-bond donors (Lipinski definition) is 0. The number of amides is 2. The van der Waals surface area contributed by atoms with Crippen molar-refractivity contribution in [3.8, 4) is 0 Å². The zero-order valence-electron chi connectivity index (χ0n) is 17.4. The molecule has 0 saturated carbocycles. The van der Waals surface area contributed by atoms with Crippen molar-refractivity contribution in [2.45, 2.75) is 45.6 Å². The molecule has 31 heavy (non-hydrogen) atoms. The van der Waals surface area contributed by atoms with Crippen molar-refractivity contribution in [1.82, 2.24) is 14.9 Å². The molecule has 1 saturated heterocycles. The third-order valence-corrected chi connectivity index (χ3v) is 5.79. The van der Waals surface area contributed by atoms with Crippen LogP contribution >= 0.6 is 0 Å². The van der Waals surface area contributed by atoms with E-state index in [-0.39, 0.29) is 31.0 Å². The van der Waals surface area contributed by atoms with Gasteiger partial charge in [0.05, 0.1) is 36.0 Å². The molecule has 0 N–H and O–H groups in total. The summed E-state index contributed by atoms with van der Waals surface area (Å²) in [6, 6.07) is 4.68. The predicted octanol–water partition coefficient (Wildman–Crippen LogP) is 3.11. The SMILES string of the molecule is CCON1C(=O)C2=C(CCN(C(C)=O)C2)N=C2C1N2C(C)c1ccc(C(F)(F)F)cc1. The lowest BCUT2D eigenvalue weighted by atomic mass is 10.0. The van der Waals surface area contributed by atoms with Gasteiger partial charge in [-0.2, -0.15) is 18.2 Å². The first-order valence-electron chi connectivity index (χ1n) is 10.1. The van der Waals surface area contributed by atoms with E-state index in [1.165, 1.54) is 24.1 Å². The van der Waals surface area contributed by atoms with E-state index in [1.54, 1.807) is 11.8 Å². The van der Waals surface area contributed by atoms with Crippen LogP contribution in [0.4, 0.5) is 13.2 Å². The predicted molar refractivity (Wildman–Crippen MR) is 105 cm³/mol. The Bertz CT molecular complexity index is 971. The number of alkyl halides is 3. The van der Waals surface area contributed by atoms with E-state index in [2.05, 4.69) is 0 Å². The minimum Gasteiger partial charge on any atom is -0.338 e. The Morgan fingerprint density at radius 3 is 2.55 bits per heavy atom. The number of benzene rings is 1. The monoisotopic (exact) mass is 436 g/mol. The van der Waals surface area contributed by atoms with Crippen LogP contribution < -0.4 is 0 Å². The molecular weight excluding hydrogens is 413 g/mol. The maximum atomic E-state index is 13.2. The van der Waals surface area contributed by atoms with Gasteiger partial charge in [-0.25, -0.2) is 4.99 Å². The lowest BCUT2D eigenvalue weighted by Gasteiger charge is -2.30. The second-order valence-corrected chi connectivity index (χ2v) is 7.71. The highest BCUT2D eigenvalue weighted by atomic mass is 19.4. The van der Waals surface area contributed by atoms with E-state index in [1.807, 2.05) is 11.8 Å². The molecule has 0 radical (unpaired) electrons. The molecule has 2 amide bonds. The topological polar surface area (TPSA) is 65.2 Å². The van der Waals surface area contributed by atoms with Gasteiger partial charge in [0.2, 0.25) is 5.91 Å². The Morgan fingerprint density at radius 1 is 1.29 bits per heavy atom. The molecule has 0 spiro atoms. The number of halogens is 3. The van der Waals surface area contributed by atoms with Crippen molar-refractivity contribution >= 4 is 17.6 Å². The molecule has 2 atom stereocenters. The second-order valence-electron chi connectivity index (χ2n) is 7.71.